The number of aryl methyl sites for hydroxylation is 2. The number of aromatic amines is 1. The molecular formula is C19H16N4O4S. The van der Waals surface area contributed by atoms with Gasteiger partial charge in [-0.05, 0) is 44.5 Å². The first-order chi connectivity index (χ1) is 13.3. The number of carbonyl (C=O) groups excluding carboxylic acids is 2. The van der Waals surface area contributed by atoms with Gasteiger partial charge in [0.2, 0.25) is 0 Å². The third-order valence-corrected chi connectivity index (χ3v) is 5.18. The van der Waals surface area contributed by atoms with Crippen LogP contribution in [0.1, 0.15) is 33.5 Å². The minimum Gasteiger partial charge on any atom is -0.448 e. The first kappa shape index (κ1) is 19.3. The fourth-order valence-electron chi connectivity index (χ4n) is 2.62. The lowest BCUT2D eigenvalue weighted by Gasteiger charge is -2.13. The van der Waals surface area contributed by atoms with E-state index < -0.39 is 18.0 Å². The van der Waals surface area contributed by atoms with Crippen LogP contribution in [0.4, 0.5) is 5.69 Å². The molecule has 3 rings (SSSR count). The predicted octanol–water partition coefficient (Wildman–Crippen LogP) is 2.66. The summed E-state index contributed by atoms with van der Waals surface area (Å²) in [4.78, 5) is 44.4. The molecular weight excluding hydrogens is 380 g/mol. The van der Waals surface area contributed by atoms with E-state index in [-0.39, 0.29) is 10.4 Å². The van der Waals surface area contributed by atoms with E-state index in [2.05, 4.69) is 15.3 Å². The molecule has 2 heterocycles. The van der Waals surface area contributed by atoms with Gasteiger partial charge in [0.1, 0.15) is 15.5 Å². The fourth-order valence-corrected chi connectivity index (χ4v) is 3.73. The quantitative estimate of drug-likeness (QED) is 0.653. The van der Waals surface area contributed by atoms with Crippen LogP contribution in [0.15, 0.2) is 29.1 Å². The van der Waals surface area contributed by atoms with E-state index in [0.717, 1.165) is 11.3 Å². The van der Waals surface area contributed by atoms with Crippen molar-refractivity contribution >= 4 is 39.1 Å². The minimum atomic E-state index is -1.07. The van der Waals surface area contributed by atoms with E-state index in [9.17, 15) is 14.4 Å². The highest BCUT2D eigenvalue weighted by Crippen LogP contribution is 2.28. The Kier molecular flexibility index (Phi) is 5.24. The summed E-state index contributed by atoms with van der Waals surface area (Å²) < 4.78 is 5.26. The Morgan fingerprint density at radius 3 is 2.82 bits per heavy atom. The molecule has 0 aliphatic carbocycles. The first-order valence-corrected chi connectivity index (χ1v) is 9.14. The lowest BCUT2D eigenvalue weighted by Crippen LogP contribution is -2.30. The maximum Gasteiger partial charge on any atom is 0.349 e. The van der Waals surface area contributed by atoms with Gasteiger partial charge in [-0.15, -0.1) is 11.3 Å². The van der Waals surface area contributed by atoms with Crippen LogP contribution in [0.25, 0.3) is 10.2 Å². The summed E-state index contributed by atoms with van der Waals surface area (Å²) >= 11 is 1.05. The highest BCUT2D eigenvalue weighted by atomic mass is 32.1. The maximum absolute atomic E-state index is 12.5. The zero-order valence-corrected chi connectivity index (χ0v) is 16.1. The Hall–Kier alpha value is -3.51. The molecule has 2 aromatic heterocycles. The second-order valence-corrected chi connectivity index (χ2v) is 7.12. The number of aromatic nitrogens is 2. The Labute approximate surface area is 163 Å². The maximum atomic E-state index is 12.5. The minimum absolute atomic E-state index is 0.227. The summed E-state index contributed by atoms with van der Waals surface area (Å²) in [6.45, 7) is 4.74. The number of nitrogens with zero attached hydrogens (tertiary/aromatic N) is 2. The van der Waals surface area contributed by atoms with Crippen LogP contribution >= 0.6 is 11.3 Å². The lowest BCUT2D eigenvalue weighted by atomic mass is 10.2. The molecule has 0 bridgehead atoms. The molecule has 1 amide bonds. The van der Waals surface area contributed by atoms with Crippen molar-refractivity contribution in [3.8, 4) is 6.07 Å². The molecule has 0 radical (unpaired) electrons. The normalized spacial score (nSPS) is 11.6. The monoisotopic (exact) mass is 396 g/mol. The van der Waals surface area contributed by atoms with E-state index in [4.69, 9.17) is 10.00 Å². The Morgan fingerprint density at radius 2 is 2.11 bits per heavy atom. The van der Waals surface area contributed by atoms with Crippen LogP contribution in [0.2, 0.25) is 0 Å². The van der Waals surface area contributed by atoms with Gasteiger partial charge in [-0.1, -0.05) is 6.07 Å². The van der Waals surface area contributed by atoms with Crippen LogP contribution in [-0.4, -0.2) is 27.9 Å². The molecule has 0 saturated carbocycles. The summed E-state index contributed by atoms with van der Waals surface area (Å²) in [5.74, 6) is -0.786. The third-order valence-electron chi connectivity index (χ3n) is 4.02. The van der Waals surface area contributed by atoms with Crippen molar-refractivity contribution in [2.24, 2.45) is 0 Å². The highest BCUT2D eigenvalue weighted by Gasteiger charge is 2.24. The summed E-state index contributed by atoms with van der Waals surface area (Å²) in [7, 11) is 0. The van der Waals surface area contributed by atoms with Gasteiger partial charge in [0.05, 0.1) is 17.0 Å². The number of carbonyl (C=O) groups is 2. The predicted molar refractivity (Wildman–Crippen MR) is 104 cm³/mol. The lowest BCUT2D eigenvalue weighted by molar-refractivity contribution is -0.123. The number of H-pyrrole nitrogens is 1. The zero-order chi connectivity index (χ0) is 20.4. The van der Waals surface area contributed by atoms with Crippen molar-refractivity contribution in [3.63, 3.8) is 0 Å². The van der Waals surface area contributed by atoms with Gasteiger partial charge in [0.25, 0.3) is 11.5 Å². The number of thiophene rings is 1. The summed E-state index contributed by atoms with van der Waals surface area (Å²) in [6.07, 6.45) is -1.07. The standard InChI is InChI=1S/C19H16N4O4S/c1-9-14-17(25)21-11(3)22-18(14)28-15(9)19(26)27-10(2)16(24)23-13-6-4-5-12(7-13)8-20/h4-7,10H,1-3H3,(H,23,24)(H,21,22,25)/t10-/m0/s1. The number of amides is 1. The van der Waals surface area contributed by atoms with E-state index in [1.54, 1.807) is 32.0 Å². The zero-order valence-electron chi connectivity index (χ0n) is 15.3. The highest BCUT2D eigenvalue weighted by molar-refractivity contribution is 7.20. The third kappa shape index (κ3) is 3.77. The molecule has 2 N–H and O–H groups in total. The largest absolute Gasteiger partial charge is 0.448 e. The van der Waals surface area contributed by atoms with Crippen molar-refractivity contribution in [2.75, 3.05) is 5.32 Å². The van der Waals surface area contributed by atoms with E-state index >= 15 is 0 Å². The number of rotatable bonds is 4. The molecule has 3 aromatic rings. The molecule has 9 heteroatoms. The second kappa shape index (κ2) is 7.62. The summed E-state index contributed by atoms with van der Waals surface area (Å²) in [5.41, 5.74) is 0.971. The van der Waals surface area contributed by atoms with Crippen molar-refractivity contribution in [1.29, 1.82) is 5.26 Å². The summed E-state index contributed by atoms with van der Waals surface area (Å²) in [6, 6.07) is 8.38. The SMILES string of the molecule is Cc1nc2sc(C(=O)O[C@@H](C)C(=O)Nc3cccc(C#N)c3)c(C)c2c(=O)[nH]1. The van der Waals surface area contributed by atoms with Gasteiger partial charge in [-0.2, -0.15) is 5.26 Å². The van der Waals surface area contributed by atoms with Crippen molar-refractivity contribution in [2.45, 2.75) is 26.9 Å². The number of nitrogens with one attached hydrogen (secondary N) is 2. The van der Waals surface area contributed by atoms with Crippen LogP contribution in [-0.2, 0) is 9.53 Å². The van der Waals surface area contributed by atoms with Gasteiger partial charge in [-0.3, -0.25) is 9.59 Å². The molecule has 0 aliphatic heterocycles. The molecule has 28 heavy (non-hydrogen) atoms. The Balaban J connectivity index is 1.77. The Bertz CT molecular complexity index is 1190. The van der Waals surface area contributed by atoms with Crippen molar-refractivity contribution in [1.82, 2.24) is 9.97 Å². The van der Waals surface area contributed by atoms with Gasteiger partial charge in [0, 0.05) is 5.69 Å². The smallest absolute Gasteiger partial charge is 0.349 e. The van der Waals surface area contributed by atoms with Crippen molar-refractivity contribution < 1.29 is 14.3 Å². The molecule has 0 saturated heterocycles. The number of esters is 1. The number of benzene rings is 1. The van der Waals surface area contributed by atoms with E-state index in [1.165, 1.54) is 13.0 Å². The topological polar surface area (TPSA) is 125 Å². The number of anilines is 1. The van der Waals surface area contributed by atoms with Gasteiger partial charge < -0.3 is 15.0 Å². The average molecular weight is 396 g/mol. The molecule has 1 aromatic carbocycles. The molecule has 142 valence electrons. The molecule has 1 atom stereocenters. The summed E-state index contributed by atoms with van der Waals surface area (Å²) in [5, 5.41) is 11.9. The van der Waals surface area contributed by atoms with Crippen LogP contribution in [0.3, 0.4) is 0 Å². The van der Waals surface area contributed by atoms with Gasteiger partial charge >= 0.3 is 5.97 Å². The second-order valence-electron chi connectivity index (χ2n) is 6.12. The van der Waals surface area contributed by atoms with Gasteiger partial charge in [0.15, 0.2) is 6.10 Å². The molecule has 0 fully saturated rings. The number of hydrogen-bond donors (Lipinski definition) is 2. The van der Waals surface area contributed by atoms with E-state index in [0.29, 0.717) is 32.9 Å². The fraction of sp³-hybridized carbons (Fsp3) is 0.211. The number of ether oxygens (including phenoxy) is 1. The van der Waals surface area contributed by atoms with Crippen LogP contribution < -0.4 is 10.9 Å². The Morgan fingerprint density at radius 1 is 1.36 bits per heavy atom. The van der Waals surface area contributed by atoms with Crippen molar-refractivity contribution in [3.05, 3.63) is 56.4 Å². The average Bonchev–Trinajstić information content (AvgIpc) is 2.98. The van der Waals surface area contributed by atoms with E-state index in [1.807, 2.05) is 6.07 Å². The molecule has 0 unspecified atom stereocenters. The van der Waals surface area contributed by atoms with Crippen LogP contribution in [0, 0.1) is 25.2 Å². The number of fused-ring (bicyclic) bond motifs is 1. The molecule has 8 nitrogen and oxygen atoms in total. The molecule has 0 spiro atoms. The van der Waals surface area contributed by atoms with Gasteiger partial charge in [-0.25, -0.2) is 9.78 Å². The number of hydrogen-bond acceptors (Lipinski definition) is 7. The molecule has 0 aliphatic rings. The first-order valence-electron chi connectivity index (χ1n) is 8.32. The number of nitriles is 1. The van der Waals surface area contributed by atoms with Crippen LogP contribution in [0.5, 0.6) is 0 Å².